The zero-order valence-corrected chi connectivity index (χ0v) is 12.2. The van der Waals surface area contributed by atoms with E-state index in [0.717, 1.165) is 27.6 Å². The van der Waals surface area contributed by atoms with Gasteiger partial charge in [-0.25, -0.2) is 0 Å². The topological polar surface area (TPSA) is 45.4 Å². The molecule has 4 heteroatoms. The SMILES string of the molecule is CC(CCO)NC(C)c1cc2cc(Br)ccc2o1. The van der Waals surface area contributed by atoms with Gasteiger partial charge >= 0.3 is 0 Å². The number of aliphatic hydroxyl groups is 1. The highest BCUT2D eigenvalue weighted by Crippen LogP contribution is 2.26. The molecule has 2 unspecified atom stereocenters. The number of hydrogen-bond donors (Lipinski definition) is 2. The van der Waals surface area contributed by atoms with E-state index in [1.165, 1.54) is 0 Å². The molecule has 2 rings (SSSR count). The maximum absolute atomic E-state index is 8.90. The lowest BCUT2D eigenvalue weighted by atomic mass is 10.1. The van der Waals surface area contributed by atoms with Gasteiger partial charge in [-0.2, -0.15) is 0 Å². The van der Waals surface area contributed by atoms with E-state index < -0.39 is 0 Å². The van der Waals surface area contributed by atoms with Crippen LogP contribution in [0.4, 0.5) is 0 Å². The fourth-order valence-electron chi connectivity index (χ4n) is 2.03. The molecule has 0 saturated carbocycles. The fraction of sp³-hybridized carbons (Fsp3) is 0.429. The Bertz CT molecular complexity index is 523. The molecule has 2 N–H and O–H groups in total. The third-order valence-electron chi connectivity index (χ3n) is 3.02. The Kier molecular flexibility index (Phi) is 4.43. The van der Waals surface area contributed by atoms with Crippen molar-refractivity contribution < 1.29 is 9.52 Å². The van der Waals surface area contributed by atoms with E-state index >= 15 is 0 Å². The molecule has 3 nitrogen and oxygen atoms in total. The number of benzene rings is 1. The second-order valence-electron chi connectivity index (χ2n) is 4.63. The van der Waals surface area contributed by atoms with Gasteiger partial charge in [-0.15, -0.1) is 0 Å². The van der Waals surface area contributed by atoms with Crippen molar-refractivity contribution in [3.63, 3.8) is 0 Å². The third-order valence-corrected chi connectivity index (χ3v) is 3.51. The van der Waals surface area contributed by atoms with Crippen molar-refractivity contribution in [2.24, 2.45) is 0 Å². The van der Waals surface area contributed by atoms with Gasteiger partial charge in [0.2, 0.25) is 0 Å². The van der Waals surface area contributed by atoms with Crippen molar-refractivity contribution in [3.05, 3.63) is 34.5 Å². The average Bonchev–Trinajstić information content (AvgIpc) is 2.72. The summed E-state index contributed by atoms with van der Waals surface area (Å²) in [6, 6.07) is 8.45. The minimum atomic E-state index is 0.137. The predicted molar refractivity (Wildman–Crippen MR) is 76.6 cm³/mol. The molecule has 18 heavy (non-hydrogen) atoms. The van der Waals surface area contributed by atoms with Crippen molar-refractivity contribution in [2.45, 2.75) is 32.4 Å². The largest absolute Gasteiger partial charge is 0.459 e. The lowest BCUT2D eigenvalue weighted by molar-refractivity contribution is 0.261. The van der Waals surface area contributed by atoms with Crippen LogP contribution in [0.25, 0.3) is 11.0 Å². The Hall–Kier alpha value is -0.840. The highest BCUT2D eigenvalue weighted by atomic mass is 79.9. The van der Waals surface area contributed by atoms with Crippen molar-refractivity contribution in [2.75, 3.05) is 6.61 Å². The first kappa shape index (κ1) is 13.6. The number of halogens is 1. The number of aliphatic hydroxyl groups excluding tert-OH is 1. The zero-order chi connectivity index (χ0) is 13.1. The van der Waals surface area contributed by atoms with Crippen LogP contribution < -0.4 is 5.32 Å². The van der Waals surface area contributed by atoms with E-state index in [4.69, 9.17) is 9.52 Å². The van der Waals surface area contributed by atoms with Crippen LogP contribution in [-0.2, 0) is 0 Å². The summed E-state index contributed by atoms with van der Waals surface area (Å²) < 4.78 is 6.87. The van der Waals surface area contributed by atoms with Crippen molar-refractivity contribution >= 4 is 26.9 Å². The Morgan fingerprint density at radius 1 is 1.33 bits per heavy atom. The van der Waals surface area contributed by atoms with Crippen LogP contribution in [0, 0.1) is 0 Å². The van der Waals surface area contributed by atoms with E-state index in [-0.39, 0.29) is 18.7 Å². The molecule has 0 aliphatic carbocycles. The molecule has 98 valence electrons. The lowest BCUT2D eigenvalue weighted by Crippen LogP contribution is -2.29. The molecule has 0 saturated heterocycles. The second-order valence-corrected chi connectivity index (χ2v) is 5.55. The van der Waals surface area contributed by atoms with Gasteiger partial charge in [0.05, 0.1) is 6.04 Å². The first-order chi connectivity index (χ1) is 8.60. The summed E-state index contributed by atoms with van der Waals surface area (Å²) in [5.74, 6) is 0.924. The fourth-order valence-corrected chi connectivity index (χ4v) is 2.41. The van der Waals surface area contributed by atoms with Crippen LogP contribution >= 0.6 is 15.9 Å². The van der Waals surface area contributed by atoms with Gasteiger partial charge in [0.1, 0.15) is 11.3 Å². The molecule has 0 aliphatic heterocycles. The predicted octanol–water partition coefficient (Wildman–Crippen LogP) is 3.62. The lowest BCUT2D eigenvalue weighted by Gasteiger charge is -2.17. The number of nitrogens with one attached hydrogen (secondary N) is 1. The molecule has 0 spiro atoms. The Morgan fingerprint density at radius 3 is 2.83 bits per heavy atom. The number of fused-ring (bicyclic) bond motifs is 1. The summed E-state index contributed by atoms with van der Waals surface area (Å²) in [7, 11) is 0. The molecule has 2 aromatic rings. The summed E-state index contributed by atoms with van der Waals surface area (Å²) in [6.45, 7) is 4.33. The molecule has 0 fully saturated rings. The van der Waals surface area contributed by atoms with Gasteiger partial charge in [-0.3, -0.25) is 0 Å². The number of rotatable bonds is 5. The van der Waals surface area contributed by atoms with Crippen LogP contribution in [-0.4, -0.2) is 17.8 Å². The quantitative estimate of drug-likeness (QED) is 0.886. The summed E-state index contributed by atoms with van der Waals surface area (Å²) in [5, 5.41) is 13.4. The monoisotopic (exact) mass is 311 g/mol. The Balaban J connectivity index is 2.15. The van der Waals surface area contributed by atoms with Crippen LogP contribution in [0.15, 0.2) is 33.2 Å². The van der Waals surface area contributed by atoms with E-state index in [1.54, 1.807) is 0 Å². The molecular weight excluding hydrogens is 294 g/mol. The van der Waals surface area contributed by atoms with Crippen molar-refractivity contribution in [1.82, 2.24) is 5.32 Å². The second kappa shape index (κ2) is 5.87. The van der Waals surface area contributed by atoms with Crippen LogP contribution in [0.2, 0.25) is 0 Å². The number of hydrogen-bond acceptors (Lipinski definition) is 3. The maximum atomic E-state index is 8.90. The van der Waals surface area contributed by atoms with E-state index in [1.807, 2.05) is 18.2 Å². The molecule has 1 aromatic heterocycles. The summed E-state index contributed by atoms with van der Waals surface area (Å²) in [5.41, 5.74) is 0.900. The van der Waals surface area contributed by atoms with Gasteiger partial charge < -0.3 is 14.8 Å². The average molecular weight is 312 g/mol. The highest BCUT2D eigenvalue weighted by molar-refractivity contribution is 9.10. The van der Waals surface area contributed by atoms with Crippen LogP contribution in [0.1, 0.15) is 32.1 Å². The Labute approximate surface area is 115 Å². The third kappa shape index (κ3) is 3.13. The first-order valence-electron chi connectivity index (χ1n) is 6.16. The number of furan rings is 1. The van der Waals surface area contributed by atoms with Crippen LogP contribution in [0.3, 0.4) is 0 Å². The van der Waals surface area contributed by atoms with Crippen molar-refractivity contribution in [3.8, 4) is 0 Å². The van der Waals surface area contributed by atoms with Crippen LogP contribution in [0.5, 0.6) is 0 Å². The summed E-state index contributed by atoms with van der Waals surface area (Å²) in [4.78, 5) is 0. The van der Waals surface area contributed by atoms with E-state index in [2.05, 4.69) is 41.2 Å². The van der Waals surface area contributed by atoms with E-state index in [0.29, 0.717) is 0 Å². The molecule has 0 radical (unpaired) electrons. The van der Waals surface area contributed by atoms with Gasteiger partial charge in [0, 0.05) is 22.5 Å². The normalized spacial score (nSPS) is 14.9. The molecular formula is C14H18BrNO2. The highest BCUT2D eigenvalue weighted by Gasteiger charge is 2.13. The minimum Gasteiger partial charge on any atom is -0.459 e. The first-order valence-corrected chi connectivity index (χ1v) is 6.95. The van der Waals surface area contributed by atoms with Crippen molar-refractivity contribution in [1.29, 1.82) is 0 Å². The molecule has 0 bridgehead atoms. The summed E-state index contributed by atoms with van der Waals surface area (Å²) >= 11 is 3.45. The summed E-state index contributed by atoms with van der Waals surface area (Å²) in [6.07, 6.45) is 0.746. The van der Waals surface area contributed by atoms with Gasteiger partial charge in [-0.05, 0) is 44.5 Å². The van der Waals surface area contributed by atoms with Gasteiger partial charge in [-0.1, -0.05) is 15.9 Å². The Morgan fingerprint density at radius 2 is 2.11 bits per heavy atom. The molecule has 0 aliphatic rings. The van der Waals surface area contributed by atoms with E-state index in [9.17, 15) is 0 Å². The molecule has 1 heterocycles. The molecule has 0 amide bonds. The zero-order valence-electron chi connectivity index (χ0n) is 10.6. The standard InChI is InChI=1S/C14H18BrNO2/c1-9(5-6-17)16-10(2)14-8-11-7-12(15)3-4-13(11)18-14/h3-4,7-10,16-17H,5-6H2,1-2H3. The molecule has 2 atom stereocenters. The molecule has 1 aromatic carbocycles. The minimum absolute atomic E-state index is 0.137. The smallest absolute Gasteiger partial charge is 0.134 e. The van der Waals surface area contributed by atoms with Gasteiger partial charge in [0.15, 0.2) is 0 Å². The van der Waals surface area contributed by atoms with Gasteiger partial charge in [0.25, 0.3) is 0 Å². The maximum Gasteiger partial charge on any atom is 0.134 e.